The molecule has 27 heavy (non-hydrogen) atoms. The van der Waals surface area contributed by atoms with Gasteiger partial charge in [0.25, 0.3) is 5.91 Å². The summed E-state index contributed by atoms with van der Waals surface area (Å²) in [4.78, 5) is 13.0. The number of aromatic nitrogens is 2. The fourth-order valence-electron chi connectivity index (χ4n) is 4.79. The van der Waals surface area contributed by atoms with Crippen LogP contribution < -0.4 is 14.2 Å². The molecule has 144 valence electrons. The summed E-state index contributed by atoms with van der Waals surface area (Å²) in [5, 5.41) is 4.57. The number of nitrogens with zero attached hydrogens (tertiary/aromatic N) is 2. The average Bonchev–Trinajstić information content (AvgIpc) is 2.97. The summed E-state index contributed by atoms with van der Waals surface area (Å²) >= 11 is 0. The van der Waals surface area contributed by atoms with Gasteiger partial charge in [-0.2, -0.15) is 5.10 Å². The van der Waals surface area contributed by atoms with Crippen molar-refractivity contribution in [3.05, 3.63) is 34.6 Å². The number of rotatable bonds is 5. The summed E-state index contributed by atoms with van der Waals surface area (Å²) in [6, 6.07) is 3.63. The van der Waals surface area contributed by atoms with Gasteiger partial charge in [-0.15, -0.1) is 0 Å². The Morgan fingerprint density at radius 2 is 1.81 bits per heavy atom. The molecule has 0 radical (unpaired) electrons. The molecular formula is C21H26N2O4. The van der Waals surface area contributed by atoms with Crippen LogP contribution in [0.3, 0.4) is 0 Å². The van der Waals surface area contributed by atoms with Gasteiger partial charge in [0.2, 0.25) is 5.75 Å². The first-order chi connectivity index (χ1) is 12.8. The number of benzene rings is 1. The van der Waals surface area contributed by atoms with Crippen LogP contribution in [0.5, 0.6) is 17.2 Å². The Bertz CT molecular complexity index is 903. The first-order valence-corrected chi connectivity index (χ1v) is 9.24. The average molecular weight is 370 g/mol. The topological polar surface area (TPSA) is 62.6 Å². The molecule has 0 bridgehead atoms. The first kappa shape index (κ1) is 17.9. The number of fused-ring (bicyclic) bond motifs is 3. The molecule has 0 spiro atoms. The zero-order chi connectivity index (χ0) is 19.5. The number of hydrogen-bond acceptors (Lipinski definition) is 5. The normalized spacial score (nSPS) is 21.4. The first-order valence-electron chi connectivity index (χ1n) is 9.24. The number of ether oxygens (including phenoxy) is 3. The highest BCUT2D eigenvalue weighted by molar-refractivity contribution is 5.82. The van der Waals surface area contributed by atoms with Crippen LogP contribution in [0.2, 0.25) is 0 Å². The highest BCUT2D eigenvalue weighted by Gasteiger charge is 2.64. The maximum atomic E-state index is 13.0. The van der Waals surface area contributed by atoms with E-state index in [9.17, 15) is 4.79 Å². The third-order valence-electron chi connectivity index (χ3n) is 6.30. The number of aryl methyl sites for hydroxylation is 1. The van der Waals surface area contributed by atoms with E-state index in [-0.39, 0.29) is 12.3 Å². The third-order valence-corrected chi connectivity index (χ3v) is 6.30. The molecule has 6 nitrogen and oxygen atoms in total. The lowest BCUT2D eigenvalue weighted by atomic mass is 9.98. The van der Waals surface area contributed by atoms with Gasteiger partial charge in [-0.3, -0.25) is 4.79 Å². The van der Waals surface area contributed by atoms with Crippen LogP contribution in [0.1, 0.15) is 47.1 Å². The van der Waals surface area contributed by atoms with Crippen LogP contribution >= 0.6 is 0 Å². The van der Waals surface area contributed by atoms with Crippen LogP contribution in [-0.4, -0.2) is 37.0 Å². The van der Waals surface area contributed by atoms with Crippen molar-refractivity contribution in [3.8, 4) is 17.2 Å². The second kappa shape index (κ2) is 6.01. The highest BCUT2D eigenvalue weighted by Crippen LogP contribution is 2.70. The minimum atomic E-state index is -0.0345. The summed E-state index contributed by atoms with van der Waals surface area (Å²) in [6.07, 6.45) is 1.16. The lowest BCUT2D eigenvalue weighted by molar-refractivity contribution is 0.0894. The SMILES string of the molecule is COc1cc(CC(=O)n2nc(C)c3c2CC2C3C2(C)C)cc(OC)c1OC. The van der Waals surface area contributed by atoms with E-state index in [1.807, 2.05) is 19.1 Å². The number of hydrogen-bond donors (Lipinski definition) is 0. The van der Waals surface area contributed by atoms with E-state index in [0.717, 1.165) is 23.4 Å². The zero-order valence-electron chi connectivity index (χ0n) is 16.8. The van der Waals surface area contributed by atoms with Crippen LogP contribution in [-0.2, 0) is 12.8 Å². The number of carbonyl (C=O) groups excluding carboxylic acids is 1. The lowest BCUT2D eigenvalue weighted by Crippen LogP contribution is -2.19. The molecule has 4 rings (SSSR count). The Hall–Kier alpha value is -2.50. The summed E-state index contributed by atoms with van der Waals surface area (Å²) in [6.45, 7) is 6.62. The van der Waals surface area contributed by atoms with Crippen LogP contribution in [0, 0.1) is 18.3 Å². The predicted octanol–water partition coefficient (Wildman–Crippen LogP) is 3.40. The van der Waals surface area contributed by atoms with E-state index in [0.29, 0.717) is 34.5 Å². The van der Waals surface area contributed by atoms with Crippen molar-refractivity contribution in [2.24, 2.45) is 11.3 Å². The Morgan fingerprint density at radius 3 is 2.37 bits per heavy atom. The summed E-state index contributed by atoms with van der Waals surface area (Å²) in [7, 11) is 4.70. The van der Waals surface area contributed by atoms with Crippen LogP contribution in [0.4, 0.5) is 0 Å². The molecule has 2 aromatic rings. The summed E-state index contributed by atoms with van der Waals surface area (Å²) in [5.41, 5.74) is 4.52. The third kappa shape index (κ3) is 2.53. The minimum absolute atomic E-state index is 0.0345. The molecule has 0 amide bonds. The van der Waals surface area contributed by atoms with Gasteiger partial charge in [0.1, 0.15) is 0 Å². The molecule has 0 aliphatic heterocycles. The second-order valence-corrected chi connectivity index (χ2v) is 8.07. The van der Waals surface area contributed by atoms with E-state index in [4.69, 9.17) is 14.2 Å². The van der Waals surface area contributed by atoms with Gasteiger partial charge >= 0.3 is 0 Å². The second-order valence-electron chi connectivity index (χ2n) is 8.07. The summed E-state index contributed by atoms with van der Waals surface area (Å²) < 4.78 is 17.7. The molecule has 0 saturated heterocycles. The van der Waals surface area contributed by atoms with Gasteiger partial charge in [0.15, 0.2) is 11.5 Å². The molecular weight excluding hydrogens is 344 g/mol. The van der Waals surface area contributed by atoms with Crippen molar-refractivity contribution >= 4 is 5.91 Å². The Morgan fingerprint density at radius 1 is 1.19 bits per heavy atom. The van der Waals surface area contributed by atoms with E-state index in [1.165, 1.54) is 5.56 Å². The molecule has 6 heteroatoms. The lowest BCUT2D eigenvalue weighted by Gasteiger charge is -2.14. The molecule has 2 aliphatic carbocycles. The van der Waals surface area contributed by atoms with Gasteiger partial charge in [-0.25, -0.2) is 4.68 Å². The number of carbonyl (C=O) groups is 1. The number of methoxy groups -OCH3 is 3. The van der Waals surface area contributed by atoms with Crippen molar-refractivity contribution < 1.29 is 19.0 Å². The highest BCUT2D eigenvalue weighted by atomic mass is 16.5. The standard InChI is InChI=1S/C21H26N2O4/c1-11-18-14(10-13-19(18)21(13,2)3)23(22-11)17(24)9-12-7-15(25-4)20(27-6)16(8-12)26-5/h7-8,13,19H,9-10H2,1-6H3. The molecule has 1 heterocycles. The fourth-order valence-corrected chi connectivity index (χ4v) is 4.79. The quantitative estimate of drug-likeness (QED) is 0.807. The van der Waals surface area contributed by atoms with E-state index in [1.54, 1.807) is 26.0 Å². The van der Waals surface area contributed by atoms with Crippen molar-refractivity contribution in [1.29, 1.82) is 0 Å². The van der Waals surface area contributed by atoms with Gasteiger partial charge in [0.05, 0.1) is 39.1 Å². The van der Waals surface area contributed by atoms with Crippen LogP contribution in [0.25, 0.3) is 0 Å². The Balaban J connectivity index is 1.63. The van der Waals surface area contributed by atoms with Crippen molar-refractivity contribution in [3.63, 3.8) is 0 Å². The molecule has 2 unspecified atom stereocenters. The molecule has 2 atom stereocenters. The van der Waals surface area contributed by atoms with Gasteiger partial charge < -0.3 is 14.2 Å². The van der Waals surface area contributed by atoms with Crippen molar-refractivity contribution in [1.82, 2.24) is 9.78 Å². The monoisotopic (exact) mass is 370 g/mol. The smallest absolute Gasteiger partial charge is 0.251 e. The molecule has 1 aromatic heterocycles. The van der Waals surface area contributed by atoms with Gasteiger partial charge in [-0.05, 0) is 48.3 Å². The van der Waals surface area contributed by atoms with Gasteiger partial charge in [-0.1, -0.05) is 13.8 Å². The van der Waals surface area contributed by atoms with E-state index < -0.39 is 0 Å². The van der Waals surface area contributed by atoms with E-state index >= 15 is 0 Å². The molecule has 1 fully saturated rings. The Labute approximate surface area is 159 Å². The van der Waals surface area contributed by atoms with Crippen molar-refractivity contribution in [2.45, 2.75) is 39.5 Å². The molecule has 0 N–H and O–H groups in total. The van der Waals surface area contributed by atoms with Crippen molar-refractivity contribution in [2.75, 3.05) is 21.3 Å². The largest absolute Gasteiger partial charge is 0.493 e. The fraction of sp³-hybridized carbons (Fsp3) is 0.524. The molecule has 2 aliphatic rings. The molecule has 1 aromatic carbocycles. The zero-order valence-corrected chi connectivity index (χ0v) is 16.8. The maximum absolute atomic E-state index is 13.0. The Kier molecular flexibility index (Phi) is 3.98. The predicted molar refractivity (Wildman–Crippen MR) is 101 cm³/mol. The molecule has 1 saturated carbocycles. The van der Waals surface area contributed by atoms with Crippen LogP contribution in [0.15, 0.2) is 12.1 Å². The summed E-state index contributed by atoms with van der Waals surface area (Å²) in [5.74, 6) is 2.77. The maximum Gasteiger partial charge on any atom is 0.251 e. The minimum Gasteiger partial charge on any atom is -0.493 e. The van der Waals surface area contributed by atoms with Gasteiger partial charge in [0, 0.05) is 5.56 Å². The van der Waals surface area contributed by atoms with E-state index in [2.05, 4.69) is 18.9 Å².